The second-order valence-corrected chi connectivity index (χ2v) is 7.42. The van der Waals surface area contributed by atoms with Crippen LogP contribution in [-0.4, -0.2) is 30.4 Å². The number of aromatic amines is 1. The molecular weight excluding hydrogens is 384 g/mol. The van der Waals surface area contributed by atoms with Crippen LogP contribution in [0.3, 0.4) is 0 Å². The monoisotopic (exact) mass is 402 g/mol. The highest BCUT2D eigenvalue weighted by atomic mass is 79.9. The molecule has 0 unspecified atom stereocenters. The van der Waals surface area contributed by atoms with E-state index in [1.54, 1.807) is 18.3 Å². The van der Waals surface area contributed by atoms with E-state index >= 15 is 0 Å². The number of halogens is 1. The first-order chi connectivity index (χ1) is 11.8. The van der Waals surface area contributed by atoms with Crippen LogP contribution < -0.4 is 4.90 Å². The number of fused-ring (bicyclic) bond motifs is 1. The van der Waals surface area contributed by atoms with Gasteiger partial charge in [-0.25, -0.2) is 4.79 Å². The van der Waals surface area contributed by atoms with Gasteiger partial charge in [-0.15, -0.1) is 0 Å². The quantitative estimate of drug-likeness (QED) is 0.623. The van der Waals surface area contributed by atoms with E-state index in [-0.39, 0.29) is 17.8 Å². The summed E-state index contributed by atoms with van der Waals surface area (Å²) in [6.07, 6.45) is 3.20. The van der Waals surface area contributed by atoms with E-state index in [2.05, 4.69) is 40.8 Å². The number of aromatic nitrogens is 1. The summed E-state index contributed by atoms with van der Waals surface area (Å²) in [6.45, 7) is 3.87. The number of allylic oxidation sites excluding steroid dienone is 1. The number of ether oxygens (including phenoxy) is 1. The van der Waals surface area contributed by atoms with Crippen molar-refractivity contribution in [2.45, 2.75) is 19.3 Å². The van der Waals surface area contributed by atoms with Gasteiger partial charge in [-0.3, -0.25) is 4.79 Å². The number of para-hydroxylation sites is 1. The third-order valence-corrected chi connectivity index (χ3v) is 4.91. The molecule has 2 heterocycles. The molecule has 0 fully saturated rings. The summed E-state index contributed by atoms with van der Waals surface area (Å²) in [5, 5.41) is 0. The minimum Gasteiger partial charge on any atom is -0.453 e. The van der Waals surface area contributed by atoms with Crippen molar-refractivity contribution < 1.29 is 14.3 Å². The van der Waals surface area contributed by atoms with Gasteiger partial charge in [0.1, 0.15) is 5.69 Å². The van der Waals surface area contributed by atoms with E-state index in [1.165, 1.54) is 5.56 Å². The van der Waals surface area contributed by atoms with Gasteiger partial charge in [0.2, 0.25) is 0 Å². The number of hydrogen-bond acceptors (Lipinski definition) is 4. The van der Waals surface area contributed by atoms with Crippen molar-refractivity contribution >= 4 is 33.4 Å². The number of rotatable bonds is 4. The smallest absolute Gasteiger partial charge is 0.355 e. The maximum Gasteiger partial charge on any atom is 0.355 e. The van der Waals surface area contributed by atoms with Crippen molar-refractivity contribution in [3.63, 3.8) is 0 Å². The lowest BCUT2D eigenvalue weighted by Crippen LogP contribution is -2.25. The van der Waals surface area contributed by atoms with Gasteiger partial charge in [0.15, 0.2) is 12.4 Å². The Kier molecular flexibility index (Phi) is 4.56. The van der Waals surface area contributed by atoms with Crippen molar-refractivity contribution in [1.82, 2.24) is 4.98 Å². The number of esters is 1. The van der Waals surface area contributed by atoms with E-state index in [0.717, 1.165) is 15.9 Å². The Morgan fingerprint density at radius 3 is 2.68 bits per heavy atom. The molecule has 0 atom stereocenters. The predicted molar refractivity (Wildman–Crippen MR) is 99.7 cm³/mol. The van der Waals surface area contributed by atoms with Crippen LogP contribution in [0.15, 0.2) is 52.8 Å². The fraction of sp³-hybridized carbons (Fsp3) is 0.263. The molecule has 0 saturated heterocycles. The summed E-state index contributed by atoms with van der Waals surface area (Å²) in [5.41, 5.74) is 3.16. The molecular formula is C19H19BrN2O3. The van der Waals surface area contributed by atoms with Crippen LogP contribution >= 0.6 is 15.9 Å². The number of ketones is 1. The largest absolute Gasteiger partial charge is 0.453 e. The molecule has 5 nitrogen and oxygen atoms in total. The highest BCUT2D eigenvalue weighted by molar-refractivity contribution is 9.10. The van der Waals surface area contributed by atoms with Crippen LogP contribution in [0.1, 0.15) is 29.9 Å². The molecule has 1 aliphatic rings. The van der Waals surface area contributed by atoms with Crippen LogP contribution in [0.5, 0.6) is 0 Å². The normalized spacial score (nSPS) is 16.8. The van der Waals surface area contributed by atoms with E-state index in [9.17, 15) is 9.59 Å². The summed E-state index contributed by atoms with van der Waals surface area (Å²) in [5.74, 6) is -0.804. The summed E-state index contributed by atoms with van der Waals surface area (Å²) in [4.78, 5) is 29.0. The molecule has 1 aromatic heterocycles. The maximum absolute atomic E-state index is 12.3. The van der Waals surface area contributed by atoms with Gasteiger partial charge in [0.05, 0.1) is 0 Å². The average molecular weight is 403 g/mol. The van der Waals surface area contributed by atoms with Gasteiger partial charge in [-0.1, -0.05) is 32.0 Å². The zero-order valence-corrected chi connectivity index (χ0v) is 15.9. The highest BCUT2D eigenvalue weighted by Crippen LogP contribution is 2.46. The van der Waals surface area contributed by atoms with Gasteiger partial charge >= 0.3 is 5.97 Å². The second kappa shape index (κ2) is 6.52. The Balaban J connectivity index is 1.72. The van der Waals surface area contributed by atoms with Crippen molar-refractivity contribution in [2.75, 3.05) is 18.6 Å². The van der Waals surface area contributed by atoms with Crippen LogP contribution in [0.4, 0.5) is 5.69 Å². The number of carbonyl (C=O) groups excluding carboxylic acids is 2. The van der Waals surface area contributed by atoms with Gasteiger partial charge in [-0.2, -0.15) is 0 Å². The molecule has 0 saturated carbocycles. The van der Waals surface area contributed by atoms with Gasteiger partial charge in [0.25, 0.3) is 0 Å². The Bertz CT molecular complexity index is 867. The summed E-state index contributed by atoms with van der Waals surface area (Å²) >= 11 is 3.25. The molecule has 2 aromatic rings. The SMILES string of the molecule is CN1/C(=C/C(=O)COC(=O)c2cc(Br)c[nH]2)C(C)(C)c2ccccc21. The molecule has 0 spiro atoms. The van der Waals surface area contributed by atoms with Crippen molar-refractivity contribution in [3.05, 3.63) is 64.0 Å². The number of H-pyrrole nitrogens is 1. The average Bonchev–Trinajstić information content (AvgIpc) is 3.09. The Morgan fingerprint density at radius 1 is 1.32 bits per heavy atom. The fourth-order valence-electron chi connectivity index (χ4n) is 3.15. The van der Waals surface area contributed by atoms with E-state index < -0.39 is 5.97 Å². The van der Waals surface area contributed by atoms with Gasteiger partial charge < -0.3 is 14.6 Å². The number of hydrogen-bond donors (Lipinski definition) is 1. The molecule has 25 heavy (non-hydrogen) atoms. The Hall–Kier alpha value is -2.34. The molecule has 3 rings (SSSR count). The lowest BCUT2D eigenvalue weighted by molar-refractivity contribution is -0.117. The van der Waals surface area contributed by atoms with Crippen molar-refractivity contribution in [1.29, 1.82) is 0 Å². The molecule has 0 radical (unpaired) electrons. The molecule has 6 heteroatoms. The summed E-state index contributed by atoms with van der Waals surface area (Å²) < 4.78 is 5.84. The number of carbonyl (C=O) groups is 2. The second-order valence-electron chi connectivity index (χ2n) is 6.50. The third-order valence-electron chi connectivity index (χ3n) is 4.45. The molecule has 130 valence electrons. The first-order valence-corrected chi connectivity index (χ1v) is 8.69. The van der Waals surface area contributed by atoms with Gasteiger partial charge in [-0.05, 0) is 33.6 Å². The zero-order valence-electron chi connectivity index (χ0n) is 14.3. The first kappa shape index (κ1) is 17.5. The van der Waals surface area contributed by atoms with Gasteiger partial charge in [0, 0.05) is 40.6 Å². The minimum absolute atomic E-state index is 0.248. The standard InChI is InChI=1S/C19H19BrN2O3/c1-19(2)14-6-4-5-7-16(14)22(3)17(19)9-13(23)11-25-18(24)15-8-12(20)10-21-15/h4-10,21H,11H2,1-3H3/b17-9+. The van der Waals surface area contributed by atoms with E-state index in [0.29, 0.717) is 5.69 Å². The Labute approximate surface area is 154 Å². The number of nitrogens with zero attached hydrogens (tertiary/aromatic N) is 1. The summed E-state index contributed by atoms with van der Waals surface area (Å²) in [7, 11) is 1.94. The fourth-order valence-corrected chi connectivity index (χ4v) is 3.50. The summed E-state index contributed by atoms with van der Waals surface area (Å²) in [6, 6.07) is 9.68. The lowest BCUT2D eigenvalue weighted by Gasteiger charge is -2.23. The minimum atomic E-state index is -0.556. The third kappa shape index (κ3) is 3.26. The lowest BCUT2D eigenvalue weighted by atomic mass is 9.83. The topological polar surface area (TPSA) is 62.4 Å². The molecule has 1 aliphatic heterocycles. The number of anilines is 1. The van der Waals surface area contributed by atoms with E-state index in [1.807, 2.05) is 30.1 Å². The molecule has 1 N–H and O–H groups in total. The molecule has 0 aliphatic carbocycles. The number of likely N-dealkylation sites (N-methyl/N-ethyl adjacent to an activating group) is 1. The number of benzene rings is 1. The predicted octanol–water partition coefficient (Wildman–Crippen LogP) is 3.81. The van der Waals surface area contributed by atoms with Crippen LogP contribution in [0, 0.1) is 0 Å². The first-order valence-electron chi connectivity index (χ1n) is 7.90. The Morgan fingerprint density at radius 2 is 2.04 bits per heavy atom. The molecule has 1 aromatic carbocycles. The van der Waals surface area contributed by atoms with Crippen molar-refractivity contribution in [3.8, 4) is 0 Å². The molecule has 0 bridgehead atoms. The van der Waals surface area contributed by atoms with E-state index in [4.69, 9.17) is 4.74 Å². The number of nitrogens with one attached hydrogen (secondary N) is 1. The van der Waals surface area contributed by atoms with Crippen LogP contribution in [0.2, 0.25) is 0 Å². The van der Waals surface area contributed by atoms with Crippen molar-refractivity contribution in [2.24, 2.45) is 0 Å². The van der Waals surface area contributed by atoms with Crippen LogP contribution in [0.25, 0.3) is 0 Å². The zero-order chi connectivity index (χ0) is 18.2. The van der Waals surface area contributed by atoms with Crippen LogP contribution in [-0.2, 0) is 14.9 Å². The maximum atomic E-state index is 12.3. The molecule has 0 amide bonds. The highest BCUT2D eigenvalue weighted by Gasteiger charge is 2.38.